The van der Waals surface area contributed by atoms with Gasteiger partial charge in [0.1, 0.15) is 9.84 Å². The van der Waals surface area contributed by atoms with Crippen LogP contribution in [0.5, 0.6) is 0 Å². The summed E-state index contributed by atoms with van der Waals surface area (Å²) in [4.78, 5) is 0. The van der Waals surface area contributed by atoms with Crippen molar-refractivity contribution in [1.29, 1.82) is 0 Å². The topological polar surface area (TPSA) is 83.5 Å². The Morgan fingerprint density at radius 3 is 2.19 bits per heavy atom. The molecular weight excluding hydrogens is 252 g/mol. The van der Waals surface area contributed by atoms with Crippen molar-refractivity contribution >= 4 is 20.9 Å². The largest absolute Gasteiger partial charge is 0.772 e. The van der Waals surface area contributed by atoms with E-state index in [1.54, 1.807) is 0 Å². The summed E-state index contributed by atoms with van der Waals surface area (Å²) in [6, 6.07) is 0. The highest BCUT2D eigenvalue weighted by molar-refractivity contribution is 7.90. The van der Waals surface area contributed by atoms with E-state index < -0.39 is 20.9 Å². The minimum Gasteiger partial charge on any atom is -0.772 e. The minimum atomic E-state index is -2.86. The Kier molecular flexibility index (Phi) is 9.10. The Morgan fingerprint density at radius 1 is 1.12 bits per heavy atom. The molecule has 0 aliphatic rings. The van der Waals surface area contributed by atoms with Gasteiger partial charge in [-0.3, -0.25) is 4.21 Å². The Labute approximate surface area is 99.8 Å². The molecule has 0 saturated heterocycles. The van der Waals surface area contributed by atoms with Gasteiger partial charge in [-0.15, -0.1) is 0 Å². The molecule has 0 aliphatic carbocycles. The maximum Gasteiger partial charge on any atom is 0.147 e. The van der Waals surface area contributed by atoms with Crippen molar-refractivity contribution < 1.29 is 21.9 Å². The van der Waals surface area contributed by atoms with E-state index in [0.29, 0.717) is 26.1 Å². The molecule has 0 heterocycles. The van der Waals surface area contributed by atoms with Crippen LogP contribution in [-0.2, 0) is 25.7 Å². The second kappa shape index (κ2) is 9.09. The van der Waals surface area contributed by atoms with Gasteiger partial charge >= 0.3 is 0 Å². The van der Waals surface area contributed by atoms with Gasteiger partial charge in [0.05, 0.1) is 0 Å². The molecule has 0 spiro atoms. The van der Waals surface area contributed by atoms with Crippen molar-refractivity contribution in [3.05, 3.63) is 0 Å². The summed E-state index contributed by atoms with van der Waals surface area (Å²) < 4.78 is 47.1. The maximum absolute atomic E-state index is 10.8. The van der Waals surface area contributed by atoms with Crippen molar-refractivity contribution in [3.8, 4) is 0 Å². The summed E-state index contributed by atoms with van der Waals surface area (Å²) in [5, 5.41) is 0. The normalized spacial score (nSPS) is 13.9. The molecule has 0 aromatic rings. The molecule has 0 N–H and O–H groups in total. The molecule has 0 radical (unpaired) electrons. The van der Waals surface area contributed by atoms with Crippen LogP contribution in [0.3, 0.4) is 0 Å². The predicted octanol–water partition coefficient (Wildman–Crippen LogP) is 0.487. The quantitative estimate of drug-likeness (QED) is 0.426. The first-order valence-corrected chi connectivity index (χ1v) is 8.53. The Morgan fingerprint density at radius 2 is 1.69 bits per heavy atom. The van der Waals surface area contributed by atoms with Gasteiger partial charge in [-0.05, 0) is 25.7 Å². The summed E-state index contributed by atoms with van der Waals surface area (Å²) in [7, 11) is -2.86. The molecule has 0 aliphatic heterocycles. The van der Waals surface area contributed by atoms with Gasteiger partial charge in [0.25, 0.3) is 0 Å². The molecule has 0 saturated carbocycles. The lowest BCUT2D eigenvalue weighted by molar-refractivity contribution is 0.128. The molecule has 1 unspecified atom stereocenters. The highest BCUT2D eigenvalue weighted by Crippen LogP contribution is 1.97. The van der Waals surface area contributed by atoms with Crippen LogP contribution in [0.4, 0.5) is 0 Å². The molecular formula is C9H19O5S2-. The fourth-order valence-electron chi connectivity index (χ4n) is 1.09. The van der Waals surface area contributed by atoms with E-state index in [0.717, 1.165) is 12.8 Å². The van der Waals surface area contributed by atoms with E-state index in [1.807, 2.05) is 0 Å². The molecule has 0 amide bonds. The van der Waals surface area contributed by atoms with E-state index >= 15 is 0 Å². The second-order valence-corrected chi connectivity index (χ2v) is 6.94. The van der Waals surface area contributed by atoms with Crippen molar-refractivity contribution in [2.75, 3.05) is 31.0 Å². The van der Waals surface area contributed by atoms with Gasteiger partial charge in [0.2, 0.25) is 0 Å². The molecule has 16 heavy (non-hydrogen) atoms. The highest BCUT2D eigenvalue weighted by Gasteiger charge is 2.00. The van der Waals surface area contributed by atoms with E-state index in [-0.39, 0.29) is 11.5 Å². The average Bonchev–Trinajstić information content (AvgIpc) is 2.13. The second-order valence-electron chi connectivity index (χ2n) is 3.66. The molecule has 0 aromatic heterocycles. The fourth-order valence-corrected chi connectivity index (χ4v) is 2.26. The maximum atomic E-state index is 10.8. The molecule has 5 nitrogen and oxygen atoms in total. The Balaban J connectivity index is 3.13. The lowest BCUT2D eigenvalue weighted by Crippen LogP contribution is -2.05. The van der Waals surface area contributed by atoms with E-state index in [4.69, 9.17) is 4.74 Å². The minimum absolute atomic E-state index is 0.178. The summed E-state index contributed by atoms with van der Waals surface area (Å²) in [6.07, 6.45) is 3.89. The first kappa shape index (κ1) is 16.0. The lowest BCUT2D eigenvalue weighted by atomic mass is 10.3. The van der Waals surface area contributed by atoms with Gasteiger partial charge in [0, 0.05) is 31.0 Å². The predicted molar refractivity (Wildman–Crippen MR) is 62.8 cm³/mol. The SMILES string of the molecule is CS(=O)(=O)CCCCOCCCCS(=O)[O-]. The van der Waals surface area contributed by atoms with Crippen LogP contribution in [0.15, 0.2) is 0 Å². The number of hydrogen-bond donors (Lipinski definition) is 0. The molecule has 7 heteroatoms. The number of ether oxygens (including phenoxy) is 1. The Bertz CT molecular complexity index is 286. The zero-order valence-electron chi connectivity index (χ0n) is 9.51. The highest BCUT2D eigenvalue weighted by atomic mass is 32.2. The third-order valence-electron chi connectivity index (χ3n) is 1.90. The first-order valence-electron chi connectivity index (χ1n) is 5.23. The van der Waals surface area contributed by atoms with Crippen molar-refractivity contribution in [2.24, 2.45) is 0 Å². The van der Waals surface area contributed by atoms with Crippen LogP contribution < -0.4 is 0 Å². The van der Waals surface area contributed by atoms with E-state index in [2.05, 4.69) is 0 Å². The van der Waals surface area contributed by atoms with E-state index in [9.17, 15) is 17.2 Å². The van der Waals surface area contributed by atoms with Gasteiger partial charge in [-0.1, -0.05) is 11.1 Å². The number of rotatable bonds is 10. The number of unbranched alkanes of at least 4 members (excludes halogenated alkanes) is 2. The van der Waals surface area contributed by atoms with Crippen molar-refractivity contribution in [1.82, 2.24) is 0 Å². The van der Waals surface area contributed by atoms with Crippen LogP contribution in [0.25, 0.3) is 0 Å². The third-order valence-corrected chi connectivity index (χ3v) is 3.56. The standard InChI is InChI=1S/C9H20O5S2/c1-16(12,13)9-5-3-7-14-6-2-4-8-15(10)11/h2-9H2,1H3,(H,10,11)/p-1. The van der Waals surface area contributed by atoms with Crippen molar-refractivity contribution in [3.63, 3.8) is 0 Å². The zero-order valence-corrected chi connectivity index (χ0v) is 11.1. The molecule has 98 valence electrons. The van der Waals surface area contributed by atoms with Gasteiger partial charge in [0.15, 0.2) is 0 Å². The van der Waals surface area contributed by atoms with Crippen LogP contribution >= 0.6 is 0 Å². The molecule has 0 rings (SSSR count). The molecule has 0 aromatic carbocycles. The summed E-state index contributed by atoms with van der Waals surface area (Å²) in [5.41, 5.74) is 0. The van der Waals surface area contributed by atoms with Crippen LogP contribution in [-0.4, -0.2) is 48.2 Å². The molecule has 0 bridgehead atoms. The first-order chi connectivity index (χ1) is 7.42. The average molecular weight is 271 g/mol. The summed E-state index contributed by atoms with van der Waals surface area (Å²) in [6.45, 7) is 1.08. The summed E-state index contributed by atoms with van der Waals surface area (Å²) in [5.74, 6) is 0.378. The number of hydrogen-bond acceptors (Lipinski definition) is 5. The summed E-state index contributed by atoms with van der Waals surface area (Å²) >= 11 is -1.96. The fraction of sp³-hybridized carbons (Fsp3) is 1.00. The molecule has 1 atom stereocenters. The van der Waals surface area contributed by atoms with Gasteiger partial charge in [-0.25, -0.2) is 8.42 Å². The smallest absolute Gasteiger partial charge is 0.147 e. The van der Waals surface area contributed by atoms with Crippen LogP contribution in [0.2, 0.25) is 0 Å². The van der Waals surface area contributed by atoms with Gasteiger partial charge in [-0.2, -0.15) is 0 Å². The van der Waals surface area contributed by atoms with E-state index in [1.165, 1.54) is 6.26 Å². The zero-order chi connectivity index (χ0) is 12.4. The number of sulfone groups is 1. The van der Waals surface area contributed by atoms with Crippen molar-refractivity contribution in [2.45, 2.75) is 25.7 Å². The Hall–Kier alpha value is 0.0200. The third kappa shape index (κ3) is 14.0. The van der Waals surface area contributed by atoms with Crippen LogP contribution in [0, 0.1) is 0 Å². The molecule has 0 fully saturated rings. The monoisotopic (exact) mass is 271 g/mol. The van der Waals surface area contributed by atoms with Gasteiger partial charge < -0.3 is 9.29 Å². The van der Waals surface area contributed by atoms with Crippen LogP contribution in [0.1, 0.15) is 25.7 Å². The lowest BCUT2D eigenvalue weighted by Gasteiger charge is -2.05.